The van der Waals surface area contributed by atoms with Gasteiger partial charge in [0.2, 0.25) is 5.91 Å². The third-order valence-corrected chi connectivity index (χ3v) is 3.18. The van der Waals surface area contributed by atoms with E-state index in [9.17, 15) is 4.79 Å². The molecule has 0 aliphatic rings. The molecular formula is C11H15N3OS. The molecule has 4 nitrogen and oxygen atoms in total. The molecule has 5 heteroatoms. The van der Waals surface area contributed by atoms with Crippen molar-refractivity contribution < 1.29 is 4.79 Å². The highest BCUT2D eigenvalue weighted by Gasteiger charge is 2.18. The summed E-state index contributed by atoms with van der Waals surface area (Å²) in [7, 11) is 1.72. The molecule has 86 valence electrons. The molecule has 0 aromatic carbocycles. The quantitative estimate of drug-likeness (QED) is 0.787. The molecule has 0 radical (unpaired) electrons. The highest BCUT2D eigenvalue weighted by atomic mass is 32.1. The number of amides is 1. The van der Waals surface area contributed by atoms with Gasteiger partial charge in [0.1, 0.15) is 0 Å². The first-order chi connectivity index (χ1) is 7.56. The van der Waals surface area contributed by atoms with Gasteiger partial charge in [-0.05, 0) is 6.92 Å². The zero-order valence-corrected chi connectivity index (χ0v) is 10.3. The van der Waals surface area contributed by atoms with E-state index in [-0.39, 0.29) is 12.3 Å². The molecule has 0 aliphatic heterocycles. The van der Waals surface area contributed by atoms with Crippen LogP contribution in [0, 0.1) is 19.3 Å². The predicted molar refractivity (Wildman–Crippen MR) is 64.8 cm³/mol. The maximum atomic E-state index is 11.8. The molecule has 0 spiro atoms. The molecule has 1 rings (SSSR count). The maximum absolute atomic E-state index is 11.8. The molecule has 1 unspecified atom stereocenters. The number of aromatic nitrogens is 1. The molecule has 1 aromatic heterocycles. The number of hydrogen-bond acceptors (Lipinski definition) is 4. The second-order valence-electron chi connectivity index (χ2n) is 3.57. The van der Waals surface area contributed by atoms with Crippen LogP contribution in [0.1, 0.15) is 17.0 Å². The summed E-state index contributed by atoms with van der Waals surface area (Å²) in [6, 6.07) is -0.608. The number of carbonyl (C=O) groups excluding carboxylic acids is 1. The van der Waals surface area contributed by atoms with Crippen LogP contribution in [0.25, 0.3) is 0 Å². The number of hydrogen-bond donors (Lipinski definition) is 1. The summed E-state index contributed by atoms with van der Waals surface area (Å²) in [5, 5.41) is 0. The molecule has 0 fully saturated rings. The van der Waals surface area contributed by atoms with E-state index >= 15 is 0 Å². The highest BCUT2D eigenvalue weighted by molar-refractivity contribution is 7.09. The molecule has 0 saturated carbocycles. The lowest BCUT2D eigenvalue weighted by Crippen LogP contribution is -2.41. The van der Waals surface area contributed by atoms with Crippen LogP contribution in [0.5, 0.6) is 0 Å². The van der Waals surface area contributed by atoms with E-state index < -0.39 is 6.04 Å². The minimum absolute atomic E-state index is 0.134. The number of nitrogens with zero attached hydrogens (tertiary/aromatic N) is 2. The molecule has 1 atom stereocenters. The second-order valence-corrected chi connectivity index (χ2v) is 4.51. The van der Waals surface area contributed by atoms with Crippen molar-refractivity contribution in [1.29, 1.82) is 0 Å². The number of aryl methyl sites for hydroxylation is 1. The van der Waals surface area contributed by atoms with Crippen LogP contribution in [0.4, 0.5) is 0 Å². The Morgan fingerprint density at radius 1 is 1.81 bits per heavy atom. The number of carbonyl (C=O) groups is 1. The van der Waals surface area contributed by atoms with Gasteiger partial charge in [-0.25, -0.2) is 4.98 Å². The van der Waals surface area contributed by atoms with Crippen molar-refractivity contribution in [2.75, 3.05) is 7.05 Å². The van der Waals surface area contributed by atoms with Gasteiger partial charge in [-0.3, -0.25) is 4.79 Å². The number of nitrogens with two attached hydrogens (primary N) is 1. The maximum Gasteiger partial charge on any atom is 0.240 e. The smallest absolute Gasteiger partial charge is 0.240 e. The van der Waals surface area contributed by atoms with Gasteiger partial charge in [0.25, 0.3) is 0 Å². The van der Waals surface area contributed by atoms with Crippen LogP contribution in [0.2, 0.25) is 0 Å². The summed E-state index contributed by atoms with van der Waals surface area (Å²) >= 11 is 1.53. The molecule has 1 amide bonds. The third kappa shape index (κ3) is 3.05. The second kappa shape index (κ2) is 5.64. The summed E-state index contributed by atoms with van der Waals surface area (Å²) in [4.78, 5) is 18.5. The zero-order valence-electron chi connectivity index (χ0n) is 9.43. The minimum Gasteiger partial charge on any atom is -0.339 e. The highest BCUT2D eigenvalue weighted by Crippen LogP contribution is 2.14. The van der Waals surface area contributed by atoms with Gasteiger partial charge in [-0.15, -0.1) is 23.7 Å². The van der Waals surface area contributed by atoms with Crippen molar-refractivity contribution in [3.8, 4) is 12.3 Å². The fraction of sp³-hybridized carbons (Fsp3) is 0.455. The topological polar surface area (TPSA) is 59.2 Å². The Balaban J connectivity index is 2.59. The van der Waals surface area contributed by atoms with Crippen molar-refractivity contribution in [2.45, 2.75) is 25.9 Å². The first-order valence-corrected chi connectivity index (χ1v) is 5.77. The molecular weight excluding hydrogens is 222 g/mol. The van der Waals surface area contributed by atoms with Crippen LogP contribution >= 0.6 is 11.3 Å². The summed E-state index contributed by atoms with van der Waals surface area (Å²) in [5.74, 6) is 2.26. The average Bonchev–Trinajstić information content (AvgIpc) is 2.63. The third-order valence-electron chi connectivity index (χ3n) is 2.26. The summed E-state index contributed by atoms with van der Waals surface area (Å²) < 4.78 is 0. The summed E-state index contributed by atoms with van der Waals surface area (Å²) in [6.07, 6.45) is 5.39. The van der Waals surface area contributed by atoms with E-state index in [4.69, 9.17) is 12.2 Å². The van der Waals surface area contributed by atoms with Crippen LogP contribution in [-0.4, -0.2) is 28.9 Å². The van der Waals surface area contributed by atoms with Gasteiger partial charge in [0.05, 0.1) is 23.8 Å². The Hall–Kier alpha value is -1.38. The molecule has 16 heavy (non-hydrogen) atoms. The zero-order chi connectivity index (χ0) is 12.1. The lowest BCUT2D eigenvalue weighted by Gasteiger charge is -2.19. The largest absolute Gasteiger partial charge is 0.339 e. The Morgan fingerprint density at radius 2 is 2.50 bits per heavy atom. The Labute approximate surface area is 99.5 Å². The van der Waals surface area contributed by atoms with Gasteiger partial charge in [-0.2, -0.15) is 0 Å². The number of terminal acetylenes is 1. The van der Waals surface area contributed by atoms with Crippen molar-refractivity contribution in [1.82, 2.24) is 9.88 Å². The molecule has 1 aromatic rings. The van der Waals surface area contributed by atoms with Crippen LogP contribution < -0.4 is 5.73 Å². The van der Waals surface area contributed by atoms with Gasteiger partial charge >= 0.3 is 0 Å². The van der Waals surface area contributed by atoms with Crippen molar-refractivity contribution in [2.24, 2.45) is 5.73 Å². The van der Waals surface area contributed by atoms with Gasteiger partial charge in [-0.1, -0.05) is 0 Å². The number of thiazole rings is 1. The molecule has 0 saturated heterocycles. The van der Waals surface area contributed by atoms with E-state index in [1.807, 2.05) is 6.92 Å². The monoisotopic (exact) mass is 237 g/mol. The van der Waals surface area contributed by atoms with Crippen molar-refractivity contribution in [3.05, 3.63) is 16.1 Å². The number of rotatable bonds is 4. The van der Waals surface area contributed by atoms with E-state index in [2.05, 4.69) is 10.9 Å². The predicted octanol–water partition coefficient (Wildman–Crippen LogP) is 0.761. The molecule has 2 N–H and O–H groups in total. The van der Waals surface area contributed by atoms with E-state index in [0.29, 0.717) is 6.54 Å². The summed E-state index contributed by atoms with van der Waals surface area (Å²) in [6.45, 7) is 2.46. The lowest BCUT2D eigenvalue weighted by molar-refractivity contribution is -0.131. The van der Waals surface area contributed by atoms with Gasteiger partial charge < -0.3 is 10.6 Å². The van der Waals surface area contributed by atoms with Gasteiger partial charge in [0, 0.05) is 18.3 Å². The average molecular weight is 237 g/mol. The van der Waals surface area contributed by atoms with E-state index in [0.717, 1.165) is 10.6 Å². The Bertz CT molecular complexity index is 408. The van der Waals surface area contributed by atoms with Crippen LogP contribution in [0.15, 0.2) is 5.51 Å². The number of likely N-dealkylation sites (N-methyl/N-ethyl adjacent to an activating group) is 1. The van der Waals surface area contributed by atoms with Crippen molar-refractivity contribution >= 4 is 17.2 Å². The normalized spacial score (nSPS) is 11.9. The minimum atomic E-state index is -0.608. The van der Waals surface area contributed by atoms with Crippen LogP contribution in [0.3, 0.4) is 0 Å². The fourth-order valence-corrected chi connectivity index (χ4v) is 2.10. The SMILES string of the molecule is C#CCC(N)C(=O)N(C)Cc1scnc1C. The van der Waals surface area contributed by atoms with E-state index in [1.165, 1.54) is 11.3 Å². The molecule has 0 aliphatic carbocycles. The molecule has 0 bridgehead atoms. The first-order valence-electron chi connectivity index (χ1n) is 4.89. The Kier molecular flexibility index (Phi) is 4.47. The van der Waals surface area contributed by atoms with Crippen LogP contribution in [-0.2, 0) is 11.3 Å². The Morgan fingerprint density at radius 3 is 3.00 bits per heavy atom. The lowest BCUT2D eigenvalue weighted by atomic mass is 10.2. The van der Waals surface area contributed by atoms with Gasteiger partial charge in [0.15, 0.2) is 0 Å². The van der Waals surface area contributed by atoms with E-state index in [1.54, 1.807) is 17.5 Å². The summed E-state index contributed by atoms with van der Waals surface area (Å²) in [5.41, 5.74) is 8.37. The standard InChI is InChI=1S/C11H15N3OS/c1-4-5-9(12)11(15)14(3)6-10-8(2)13-7-16-10/h1,7,9H,5-6,12H2,2-3H3. The first kappa shape index (κ1) is 12.7. The van der Waals surface area contributed by atoms with Crippen molar-refractivity contribution in [3.63, 3.8) is 0 Å². The molecule has 1 heterocycles. The fourth-order valence-electron chi connectivity index (χ4n) is 1.27.